The van der Waals surface area contributed by atoms with E-state index < -0.39 is 0 Å². The van der Waals surface area contributed by atoms with E-state index >= 15 is 0 Å². The van der Waals surface area contributed by atoms with Crippen molar-refractivity contribution in [2.45, 2.75) is 52.6 Å². The molecule has 0 aliphatic carbocycles. The van der Waals surface area contributed by atoms with E-state index in [2.05, 4.69) is 25.7 Å². The van der Waals surface area contributed by atoms with Gasteiger partial charge < -0.3 is 14.4 Å². The van der Waals surface area contributed by atoms with Gasteiger partial charge in [-0.3, -0.25) is 0 Å². The molecule has 0 aromatic carbocycles. The van der Waals surface area contributed by atoms with Crippen molar-refractivity contribution in [3.8, 4) is 0 Å². The molecular weight excluding hydrogens is 226 g/mol. The molecule has 2 atom stereocenters. The van der Waals surface area contributed by atoms with Crippen LogP contribution in [-0.2, 0) is 9.47 Å². The second-order valence-electron chi connectivity index (χ2n) is 5.26. The van der Waals surface area contributed by atoms with Gasteiger partial charge in [-0.25, -0.2) is 0 Å². The Balaban J connectivity index is 0.000000351. The van der Waals surface area contributed by atoms with E-state index in [4.69, 9.17) is 9.47 Å². The normalized spacial score (nSPS) is 18.5. The predicted octanol–water partition coefficient (Wildman–Crippen LogP) is 3.19. The summed E-state index contributed by atoms with van der Waals surface area (Å²) in [6, 6.07) is 0. The topological polar surface area (TPSA) is 21.7 Å². The Kier molecular flexibility index (Phi) is 11.9. The molecule has 1 saturated heterocycles. The largest absolute Gasteiger partial charge is 0.382 e. The number of hydrogen-bond acceptors (Lipinski definition) is 3. The minimum Gasteiger partial charge on any atom is -0.382 e. The van der Waals surface area contributed by atoms with Crippen molar-refractivity contribution in [3.63, 3.8) is 0 Å². The minimum atomic E-state index is 0.273. The zero-order chi connectivity index (χ0) is 13.8. The van der Waals surface area contributed by atoms with Crippen LogP contribution in [0.2, 0.25) is 0 Å². The molecule has 3 heteroatoms. The average molecular weight is 259 g/mol. The number of ether oxygens (including phenoxy) is 2. The number of likely N-dealkylation sites (tertiary alicyclic amines) is 1. The first-order chi connectivity index (χ1) is 8.67. The Morgan fingerprint density at radius 3 is 2.11 bits per heavy atom. The van der Waals surface area contributed by atoms with Crippen LogP contribution in [0.15, 0.2) is 0 Å². The number of hydrogen-bond donors (Lipinski definition) is 0. The van der Waals surface area contributed by atoms with Gasteiger partial charge in [-0.05, 0) is 44.8 Å². The molecule has 0 spiro atoms. The summed E-state index contributed by atoms with van der Waals surface area (Å²) >= 11 is 0. The van der Waals surface area contributed by atoms with Crippen molar-refractivity contribution in [1.82, 2.24) is 4.90 Å². The molecule has 1 rings (SSSR count). The van der Waals surface area contributed by atoms with Crippen LogP contribution >= 0.6 is 0 Å². The highest BCUT2D eigenvalue weighted by molar-refractivity contribution is 4.66. The van der Waals surface area contributed by atoms with Crippen LogP contribution in [0.3, 0.4) is 0 Å². The second kappa shape index (κ2) is 11.9. The lowest BCUT2D eigenvalue weighted by atomic mass is 10.0. The Morgan fingerprint density at radius 2 is 1.83 bits per heavy atom. The highest BCUT2D eigenvalue weighted by atomic mass is 16.5. The maximum atomic E-state index is 5.24. The van der Waals surface area contributed by atoms with E-state index in [1.54, 1.807) is 14.2 Å². The van der Waals surface area contributed by atoms with Gasteiger partial charge in [0.25, 0.3) is 0 Å². The van der Waals surface area contributed by atoms with Crippen molar-refractivity contribution < 1.29 is 9.47 Å². The van der Waals surface area contributed by atoms with E-state index in [0.717, 1.165) is 12.3 Å². The van der Waals surface area contributed by atoms with Crippen molar-refractivity contribution in [2.24, 2.45) is 5.92 Å². The fourth-order valence-electron chi connectivity index (χ4n) is 1.96. The van der Waals surface area contributed by atoms with Gasteiger partial charge in [0.1, 0.15) is 0 Å². The first kappa shape index (κ1) is 17.9. The van der Waals surface area contributed by atoms with E-state index in [1.807, 2.05) is 0 Å². The molecule has 0 bridgehead atoms. The maximum Gasteiger partial charge on any atom is 0.0807 e. The Morgan fingerprint density at radius 1 is 1.17 bits per heavy atom. The van der Waals surface area contributed by atoms with E-state index in [-0.39, 0.29) is 6.10 Å². The van der Waals surface area contributed by atoms with Crippen molar-refractivity contribution >= 4 is 0 Å². The first-order valence-electron chi connectivity index (χ1n) is 7.41. The monoisotopic (exact) mass is 259 g/mol. The van der Waals surface area contributed by atoms with Crippen molar-refractivity contribution in [1.29, 1.82) is 0 Å². The van der Waals surface area contributed by atoms with Gasteiger partial charge in [0.2, 0.25) is 0 Å². The molecule has 1 aliphatic heterocycles. The molecule has 0 radical (unpaired) electrons. The van der Waals surface area contributed by atoms with Crippen LogP contribution in [0.4, 0.5) is 0 Å². The Labute approximate surface area is 114 Å². The third-order valence-electron chi connectivity index (χ3n) is 3.54. The number of nitrogens with zero attached hydrogens (tertiary/aromatic N) is 1. The number of methoxy groups -OCH3 is 2. The third-order valence-corrected chi connectivity index (χ3v) is 3.54. The molecular formula is C15H33NO2. The zero-order valence-corrected chi connectivity index (χ0v) is 13.1. The van der Waals surface area contributed by atoms with Gasteiger partial charge >= 0.3 is 0 Å². The summed E-state index contributed by atoms with van der Waals surface area (Å²) in [5.41, 5.74) is 0. The first-order valence-corrected chi connectivity index (χ1v) is 7.41. The Bertz CT molecular complexity index is 172. The van der Waals surface area contributed by atoms with Gasteiger partial charge in [0, 0.05) is 14.2 Å². The lowest BCUT2D eigenvalue weighted by Crippen LogP contribution is -2.37. The van der Waals surface area contributed by atoms with Crippen LogP contribution in [-0.4, -0.2) is 51.5 Å². The molecule has 0 N–H and O–H groups in total. The molecule has 110 valence electrons. The molecule has 0 aromatic heterocycles. The molecule has 1 aliphatic rings. The lowest BCUT2D eigenvalue weighted by Gasteiger charge is -2.29. The molecule has 18 heavy (non-hydrogen) atoms. The summed E-state index contributed by atoms with van der Waals surface area (Å²) in [5.74, 6) is 0.732. The summed E-state index contributed by atoms with van der Waals surface area (Å²) in [6.07, 6.45) is 5.33. The standard InChI is InChI=1S/C9H20O2.C6H13N/c1-5-8(2)6-9(11-4)7-10-3;1-2-4-7-5-3-6-7/h8-9H,5-7H2,1-4H3;2-6H2,1H3/t8?,9-;/m1./s1. The molecule has 1 heterocycles. The molecule has 0 amide bonds. The molecule has 1 unspecified atom stereocenters. The summed E-state index contributed by atoms with van der Waals surface area (Å²) in [6.45, 7) is 11.4. The van der Waals surface area contributed by atoms with Crippen LogP contribution in [0.1, 0.15) is 46.5 Å². The summed E-state index contributed by atoms with van der Waals surface area (Å²) < 4.78 is 10.3. The van der Waals surface area contributed by atoms with Gasteiger partial charge in [-0.15, -0.1) is 0 Å². The fourth-order valence-corrected chi connectivity index (χ4v) is 1.96. The highest BCUT2D eigenvalue weighted by Crippen LogP contribution is 2.11. The zero-order valence-electron chi connectivity index (χ0n) is 13.1. The molecule has 3 nitrogen and oxygen atoms in total. The maximum absolute atomic E-state index is 5.24. The lowest BCUT2D eigenvalue weighted by molar-refractivity contribution is 0.0149. The van der Waals surface area contributed by atoms with Gasteiger partial charge in [0.05, 0.1) is 12.7 Å². The van der Waals surface area contributed by atoms with Crippen molar-refractivity contribution in [3.05, 3.63) is 0 Å². The van der Waals surface area contributed by atoms with E-state index in [9.17, 15) is 0 Å². The fraction of sp³-hybridized carbons (Fsp3) is 1.00. The second-order valence-corrected chi connectivity index (χ2v) is 5.26. The van der Waals surface area contributed by atoms with E-state index in [1.165, 1.54) is 38.9 Å². The predicted molar refractivity (Wildman–Crippen MR) is 78.1 cm³/mol. The molecule has 0 aromatic rings. The summed E-state index contributed by atoms with van der Waals surface area (Å²) in [5, 5.41) is 0. The van der Waals surface area contributed by atoms with Crippen LogP contribution in [0, 0.1) is 5.92 Å². The van der Waals surface area contributed by atoms with E-state index in [0.29, 0.717) is 6.61 Å². The molecule has 0 saturated carbocycles. The summed E-state index contributed by atoms with van der Waals surface area (Å²) in [4.78, 5) is 2.49. The third kappa shape index (κ3) is 8.90. The number of rotatable bonds is 8. The van der Waals surface area contributed by atoms with Crippen LogP contribution < -0.4 is 0 Å². The highest BCUT2D eigenvalue weighted by Gasteiger charge is 2.10. The van der Waals surface area contributed by atoms with Gasteiger partial charge in [-0.1, -0.05) is 27.2 Å². The summed E-state index contributed by atoms with van der Waals surface area (Å²) in [7, 11) is 3.45. The minimum absolute atomic E-state index is 0.273. The molecule has 1 fully saturated rings. The SMILES string of the molecule is CCC(C)C[C@H](COC)OC.CCCN1CCC1. The smallest absolute Gasteiger partial charge is 0.0807 e. The average Bonchev–Trinajstić information content (AvgIpc) is 2.33. The Hall–Kier alpha value is -0.120. The van der Waals surface area contributed by atoms with Crippen molar-refractivity contribution in [2.75, 3.05) is 40.5 Å². The van der Waals surface area contributed by atoms with Crippen LogP contribution in [0.25, 0.3) is 0 Å². The quantitative estimate of drug-likeness (QED) is 0.668. The van der Waals surface area contributed by atoms with Gasteiger partial charge in [-0.2, -0.15) is 0 Å². The van der Waals surface area contributed by atoms with Crippen LogP contribution in [0.5, 0.6) is 0 Å². The van der Waals surface area contributed by atoms with Gasteiger partial charge in [0.15, 0.2) is 0 Å².